The number of ketones is 1. The van der Waals surface area contributed by atoms with Gasteiger partial charge in [0, 0.05) is 13.0 Å². The van der Waals surface area contributed by atoms with Gasteiger partial charge in [0.15, 0.2) is 0 Å². The van der Waals surface area contributed by atoms with Gasteiger partial charge in [-0.1, -0.05) is 6.92 Å². The summed E-state index contributed by atoms with van der Waals surface area (Å²) >= 11 is 0. The molecule has 3 heteroatoms. The van der Waals surface area contributed by atoms with Crippen molar-refractivity contribution in [1.82, 2.24) is 4.90 Å². The lowest BCUT2D eigenvalue weighted by molar-refractivity contribution is -0.120. The maximum Gasteiger partial charge on any atom is 0.146 e. The normalized spacial score (nSPS) is 23.7. The molecule has 1 rings (SSSR count). The maximum atomic E-state index is 11.3. The van der Waals surface area contributed by atoms with E-state index >= 15 is 0 Å². The number of carbonyl (C=O) groups is 1. The molecule has 0 amide bonds. The average molecular weight is 184 g/mol. The van der Waals surface area contributed by atoms with Crippen LogP contribution in [0.25, 0.3) is 0 Å². The van der Waals surface area contributed by atoms with Crippen molar-refractivity contribution >= 4 is 5.78 Å². The Hall–Kier alpha value is -0.410. The van der Waals surface area contributed by atoms with Crippen LogP contribution in [-0.2, 0) is 4.79 Å². The molecule has 0 aromatic rings. The van der Waals surface area contributed by atoms with Crippen molar-refractivity contribution in [3.63, 3.8) is 0 Å². The monoisotopic (exact) mass is 184 g/mol. The van der Waals surface area contributed by atoms with Crippen LogP contribution in [0.4, 0.5) is 0 Å². The van der Waals surface area contributed by atoms with Gasteiger partial charge in [-0.15, -0.1) is 0 Å². The summed E-state index contributed by atoms with van der Waals surface area (Å²) in [5, 5.41) is 0. The third kappa shape index (κ3) is 3.44. The van der Waals surface area contributed by atoms with Crippen LogP contribution < -0.4 is 5.73 Å². The standard InChI is InChI=1S/C10H20N2O/c1-2-3-10(13)8-12-5-4-9(6-11)7-12/h9H,2-8,11H2,1H3. The maximum absolute atomic E-state index is 11.3. The van der Waals surface area contributed by atoms with E-state index in [1.54, 1.807) is 0 Å². The average Bonchev–Trinajstić information content (AvgIpc) is 2.52. The fourth-order valence-electron chi connectivity index (χ4n) is 1.86. The van der Waals surface area contributed by atoms with Crippen molar-refractivity contribution in [3.8, 4) is 0 Å². The van der Waals surface area contributed by atoms with E-state index in [-0.39, 0.29) is 0 Å². The van der Waals surface area contributed by atoms with Crippen LogP contribution in [0.3, 0.4) is 0 Å². The van der Waals surface area contributed by atoms with Gasteiger partial charge in [0.05, 0.1) is 6.54 Å². The van der Waals surface area contributed by atoms with Crippen molar-refractivity contribution in [3.05, 3.63) is 0 Å². The smallest absolute Gasteiger partial charge is 0.146 e. The van der Waals surface area contributed by atoms with Crippen LogP contribution in [0, 0.1) is 5.92 Å². The van der Waals surface area contributed by atoms with Gasteiger partial charge in [0.2, 0.25) is 0 Å². The van der Waals surface area contributed by atoms with Gasteiger partial charge in [-0.05, 0) is 31.8 Å². The second-order valence-electron chi connectivity index (χ2n) is 3.91. The first-order chi connectivity index (χ1) is 6.26. The minimum absolute atomic E-state index is 0.375. The summed E-state index contributed by atoms with van der Waals surface area (Å²) in [6.07, 6.45) is 2.85. The molecule has 0 radical (unpaired) electrons. The highest BCUT2D eigenvalue weighted by molar-refractivity contribution is 5.80. The summed E-state index contributed by atoms with van der Waals surface area (Å²) in [6.45, 7) is 5.52. The van der Waals surface area contributed by atoms with Crippen LogP contribution in [0.1, 0.15) is 26.2 Å². The highest BCUT2D eigenvalue weighted by atomic mass is 16.1. The molecule has 0 spiro atoms. The molecular formula is C10H20N2O. The number of nitrogens with two attached hydrogens (primary N) is 1. The van der Waals surface area contributed by atoms with Crippen molar-refractivity contribution in [2.75, 3.05) is 26.2 Å². The highest BCUT2D eigenvalue weighted by Crippen LogP contribution is 2.14. The van der Waals surface area contributed by atoms with E-state index in [0.717, 1.165) is 38.9 Å². The summed E-state index contributed by atoms with van der Waals surface area (Å²) in [7, 11) is 0. The molecular weight excluding hydrogens is 164 g/mol. The Balaban J connectivity index is 2.19. The van der Waals surface area contributed by atoms with Crippen molar-refractivity contribution in [2.45, 2.75) is 26.2 Å². The molecule has 1 fully saturated rings. The van der Waals surface area contributed by atoms with Gasteiger partial charge in [-0.3, -0.25) is 9.69 Å². The van der Waals surface area contributed by atoms with E-state index in [9.17, 15) is 4.79 Å². The van der Waals surface area contributed by atoms with E-state index in [1.807, 2.05) is 6.92 Å². The number of carbonyl (C=O) groups excluding carboxylic acids is 1. The predicted molar refractivity (Wildman–Crippen MR) is 53.5 cm³/mol. The number of Topliss-reactive ketones (excluding diaryl/α,β-unsaturated/α-hetero) is 1. The lowest BCUT2D eigenvalue weighted by Gasteiger charge is -2.13. The van der Waals surface area contributed by atoms with Crippen molar-refractivity contribution in [2.24, 2.45) is 11.7 Å². The lowest BCUT2D eigenvalue weighted by Crippen LogP contribution is -2.28. The number of likely N-dealkylation sites (tertiary alicyclic amines) is 1. The fraction of sp³-hybridized carbons (Fsp3) is 0.900. The molecule has 2 N–H and O–H groups in total. The van der Waals surface area contributed by atoms with Gasteiger partial charge >= 0.3 is 0 Å². The molecule has 0 aromatic carbocycles. The van der Waals surface area contributed by atoms with E-state index in [1.165, 1.54) is 0 Å². The molecule has 1 saturated heterocycles. The Morgan fingerprint density at radius 3 is 2.92 bits per heavy atom. The molecule has 0 aromatic heterocycles. The number of hydrogen-bond acceptors (Lipinski definition) is 3. The fourth-order valence-corrected chi connectivity index (χ4v) is 1.86. The minimum Gasteiger partial charge on any atom is -0.330 e. The van der Waals surface area contributed by atoms with Crippen LogP contribution in [0.15, 0.2) is 0 Å². The van der Waals surface area contributed by atoms with Gasteiger partial charge in [-0.25, -0.2) is 0 Å². The van der Waals surface area contributed by atoms with Crippen LogP contribution in [0.5, 0.6) is 0 Å². The summed E-state index contributed by atoms with van der Waals surface area (Å²) in [4.78, 5) is 13.6. The van der Waals surface area contributed by atoms with Crippen LogP contribution in [0.2, 0.25) is 0 Å². The number of hydrogen-bond donors (Lipinski definition) is 1. The van der Waals surface area contributed by atoms with Crippen LogP contribution >= 0.6 is 0 Å². The second kappa shape index (κ2) is 5.35. The molecule has 76 valence electrons. The van der Waals surface area contributed by atoms with E-state index < -0.39 is 0 Å². The SMILES string of the molecule is CCCC(=O)CN1CCC(CN)C1. The first-order valence-corrected chi connectivity index (χ1v) is 5.20. The zero-order valence-electron chi connectivity index (χ0n) is 8.46. The van der Waals surface area contributed by atoms with Gasteiger partial charge in [-0.2, -0.15) is 0 Å². The molecule has 3 nitrogen and oxygen atoms in total. The van der Waals surface area contributed by atoms with Gasteiger partial charge in [0.25, 0.3) is 0 Å². The molecule has 1 unspecified atom stereocenters. The van der Waals surface area contributed by atoms with Crippen LogP contribution in [-0.4, -0.2) is 36.9 Å². The molecule has 1 heterocycles. The summed E-state index contributed by atoms with van der Waals surface area (Å²) in [6, 6.07) is 0. The van der Waals surface area contributed by atoms with Gasteiger partial charge in [0.1, 0.15) is 5.78 Å². The Labute approximate surface area is 80.3 Å². The molecule has 1 atom stereocenters. The molecule has 0 saturated carbocycles. The van der Waals surface area contributed by atoms with Crippen molar-refractivity contribution in [1.29, 1.82) is 0 Å². The van der Waals surface area contributed by atoms with Crippen molar-refractivity contribution < 1.29 is 4.79 Å². The Kier molecular flexibility index (Phi) is 4.39. The number of nitrogens with zero attached hydrogens (tertiary/aromatic N) is 1. The predicted octanol–water partition coefficient (Wildman–Crippen LogP) is 0.636. The summed E-state index contributed by atoms with van der Waals surface area (Å²) < 4.78 is 0. The van der Waals surface area contributed by atoms with Gasteiger partial charge < -0.3 is 5.73 Å². The topological polar surface area (TPSA) is 46.3 Å². The third-order valence-corrected chi connectivity index (χ3v) is 2.63. The second-order valence-corrected chi connectivity index (χ2v) is 3.91. The highest BCUT2D eigenvalue weighted by Gasteiger charge is 2.22. The van der Waals surface area contributed by atoms with E-state index in [0.29, 0.717) is 18.2 Å². The summed E-state index contributed by atoms with van der Waals surface area (Å²) in [5.41, 5.74) is 5.57. The first-order valence-electron chi connectivity index (χ1n) is 5.20. The Morgan fingerprint density at radius 1 is 1.62 bits per heavy atom. The lowest BCUT2D eigenvalue weighted by atomic mass is 10.1. The number of rotatable bonds is 5. The Bertz CT molecular complexity index is 170. The largest absolute Gasteiger partial charge is 0.330 e. The van der Waals surface area contributed by atoms with E-state index in [4.69, 9.17) is 5.73 Å². The molecule has 13 heavy (non-hydrogen) atoms. The third-order valence-electron chi connectivity index (χ3n) is 2.63. The summed E-state index contributed by atoms with van der Waals surface area (Å²) in [5.74, 6) is 0.995. The Morgan fingerprint density at radius 2 is 2.38 bits per heavy atom. The van der Waals surface area contributed by atoms with E-state index in [2.05, 4.69) is 4.90 Å². The molecule has 0 bridgehead atoms. The molecule has 1 aliphatic rings. The molecule has 0 aliphatic carbocycles. The molecule has 1 aliphatic heterocycles. The zero-order chi connectivity index (χ0) is 9.68. The minimum atomic E-state index is 0.375. The quantitative estimate of drug-likeness (QED) is 0.682. The zero-order valence-corrected chi connectivity index (χ0v) is 8.46. The first kappa shape index (κ1) is 10.7.